The normalized spacial score (nSPS) is 15.2. The van der Waals surface area contributed by atoms with Crippen LogP contribution in [0, 0.1) is 5.92 Å². The topological polar surface area (TPSA) is 18.1 Å². The van der Waals surface area contributed by atoms with Crippen LogP contribution in [0.15, 0.2) is 180 Å². The van der Waals surface area contributed by atoms with E-state index >= 15 is 0 Å². The van der Waals surface area contributed by atoms with Crippen LogP contribution in [0.25, 0.3) is 60.6 Å². The van der Waals surface area contributed by atoms with Gasteiger partial charge in [0.1, 0.15) is 11.2 Å². The zero-order valence-electron chi connectivity index (χ0n) is 39.3. The summed E-state index contributed by atoms with van der Waals surface area (Å²) < 4.78 is 9.69. The van der Waals surface area contributed by atoms with Crippen molar-refractivity contribution in [2.24, 2.45) is 5.92 Å². The van der Waals surface area contributed by atoms with E-state index in [1.54, 1.807) is 0 Å². The Morgan fingerprint density at radius 1 is 0.516 bits per heavy atom. The van der Waals surface area contributed by atoms with Crippen LogP contribution in [-0.2, 0) is 16.2 Å². The van der Waals surface area contributed by atoms with E-state index in [1.807, 2.05) is 0 Å². The molecule has 0 saturated carbocycles. The average molecular weight is 852 g/mol. The number of furan rings is 1. The average Bonchev–Trinajstić information content (AvgIpc) is 3.82. The van der Waals surface area contributed by atoms with E-state index < -0.39 is 8.07 Å². The summed E-state index contributed by atoms with van der Waals surface area (Å²) in [4.78, 5) is 0. The number of hydrogen-bond donors (Lipinski definition) is 0. The number of fused-ring (bicyclic) bond motifs is 6. The fourth-order valence-electron chi connectivity index (χ4n) is 10.3. The number of allylic oxidation sites excluding steroid dienone is 4. The third-order valence-corrected chi connectivity index (χ3v) is 18.7. The Hall–Kier alpha value is -6.16. The van der Waals surface area contributed by atoms with Crippen molar-refractivity contribution in [1.29, 1.82) is 0 Å². The van der Waals surface area contributed by atoms with Gasteiger partial charge < -0.3 is 8.98 Å². The SMILES string of the molecule is CC1C=CC([Si](c2ccccc2)(c2ccccc2)c2ccc3c(c2)c2cc(-c4cc(C(C)(C)C)cc5c4oc4c(C(C)(C)C)cc(C(C)(C)C)cc45)ccc2n3-c2ccccc2)=CC1. The van der Waals surface area contributed by atoms with Gasteiger partial charge in [0.15, 0.2) is 8.07 Å². The number of aromatic nitrogens is 1. The van der Waals surface area contributed by atoms with Crippen LogP contribution < -0.4 is 15.6 Å². The molecule has 0 bridgehead atoms. The van der Waals surface area contributed by atoms with Gasteiger partial charge >= 0.3 is 0 Å². The summed E-state index contributed by atoms with van der Waals surface area (Å²) in [6.07, 6.45) is 8.46. The molecule has 0 aliphatic heterocycles. The van der Waals surface area contributed by atoms with Gasteiger partial charge in [0.25, 0.3) is 0 Å². The van der Waals surface area contributed by atoms with E-state index in [2.05, 4.69) is 244 Å². The number of benzene rings is 7. The van der Waals surface area contributed by atoms with E-state index in [4.69, 9.17) is 4.42 Å². The molecule has 1 aliphatic carbocycles. The second-order valence-electron chi connectivity index (χ2n) is 21.5. The van der Waals surface area contributed by atoms with Crippen molar-refractivity contribution in [2.75, 3.05) is 0 Å². The minimum absolute atomic E-state index is 0.0111. The van der Waals surface area contributed by atoms with Gasteiger partial charge in [-0.2, -0.15) is 0 Å². The molecule has 2 heterocycles. The fraction of sp³-hybridized carbons (Fsp3) is 0.246. The Balaban J connectivity index is 1.30. The Bertz CT molecular complexity index is 3250. The van der Waals surface area contributed by atoms with Crippen LogP contribution in [0.5, 0.6) is 0 Å². The summed E-state index contributed by atoms with van der Waals surface area (Å²) in [7, 11) is -2.78. The molecule has 7 aromatic carbocycles. The van der Waals surface area contributed by atoms with Crippen molar-refractivity contribution in [2.45, 2.75) is 91.9 Å². The Kier molecular flexibility index (Phi) is 9.96. The van der Waals surface area contributed by atoms with Crippen molar-refractivity contribution in [3.63, 3.8) is 0 Å². The molecular formula is C61H61NOSi. The minimum Gasteiger partial charge on any atom is -0.455 e. The second kappa shape index (κ2) is 15.2. The maximum absolute atomic E-state index is 7.23. The lowest BCUT2D eigenvalue weighted by Gasteiger charge is -2.36. The van der Waals surface area contributed by atoms with Crippen LogP contribution in [-0.4, -0.2) is 12.6 Å². The Morgan fingerprint density at radius 3 is 1.62 bits per heavy atom. The van der Waals surface area contributed by atoms with Gasteiger partial charge in [-0.1, -0.05) is 191 Å². The molecule has 0 saturated heterocycles. The zero-order chi connectivity index (χ0) is 44.8. The predicted molar refractivity (Wildman–Crippen MR) is 278 cm³/mol. The zero-order valence-corrected chi connectivity index (χ0v) is 40.3. The monoisotopic (exact) mass is 851 g/mol. The lowest BCUT2D eigenvalue weighted by atomic mass is 9.79. The van der Waals surface area contributed by atoms with Gasteiger partial charge in [-0.3, -0.25) is 0 Å². The van der Waals surface area contributed by atoms with Crippen LogP contribution >= 0.6 is 0 Å². The molecule has 3 heteroatoms. The highest BCUT2D eigenvalue weighted by Gasteiger charge is 2.43. The molecule has 64 heavy (non-hydrogen) atoms. The fourth-order valence-corrected chi connectivity index (χ4v) is 15.1. The number of hydrogen-bond acceptors (Lipinski definition) is 1. The molecule has 0 spiro atoms. The third kappa shape index (κ3) is 6.91. The lowest BCUT2D eigenvalue weighted by molar-refractivity contribution is 0.559. The Morgan fingerprint density at radius 2 is 1.06 bits per heavy atom. The molecule has 9 aromatic rings. The summed E-state index contributed by atoms with van der Waals surface area (Å²) in [6.45, 7) is 23.2. The molecule has 0 radical (unpaired) electrons. The van der Waals surface area contributed by atoms with Crippen molar-refractivity contribution in [3.05, 3.63) is 192 Å². The van der Waals surface area contributed by atoms with E-state index in [0.29, 0.717) is 5.92 Å². The van der Waals surface area contributed by atoms with Crippen molar-refractivity contribution >= 4 is 67.4 Å². The van der Waals surface area contributed by atoms with E-state index in [9.17, 15) is 0 Å². The molecule has 1 aliphatic rings. The summed E-state index contributed by atoms with van der Waals surface area (Å²) in [5.41, 5.74) is 11.5. The van der Waals surface area contributed by atoms with Crippen molar-refractivity contribution < 1.29 is 4.42 Å². The van der Waals surface area contributed by atoms with Gasteiger partial charge in [-0.15, -0.1) is 0 Å². The maximum Gasteiger partial charge on any atom is 0.179 e. The smallest absolute Gasteiger partial charge is 0.179 e. The molecule has 1 atom stereocenters. The molecule has 1 unspecified atom stereocenters. The standard InChI is InChI=1S/C61H61NOSi/c1-40-26-29-47(30-27-40)64(45-22-16-12-17-23-45,46-24-18-13-19-25-46)48-31-33-56-51(39-48)50-34-41(28-32-55(50)62(56)44-20-14-11-15-21-44)49-35-42(59(2,3)4)36-52-53-37-43(60(5,6)7)38-54(61(8,9)10)58(53)63-57(49)52/h11-26,28-40H,27H2,1-10H3. The lowest BCUT2D eigenvalue weighted by Crippen LogP contribution is -2.68. The molecule has 0 N–H and O–H groups in total. The highest BCUT2D eigenvalue weighted by Crippen LogP contribution is 2.45. The van der Waals surface area contributed by atoms with Crippen molar-refractivity contribution in [3.8, 4) is 16.8 Å². The molecule has 0 fully saturated rings. The van der Waals surface area contributed by atoms with Gasteiger partial charge in [-0.25, -0.2) is 0 Å². The van der Waals surface area contributed by atoms with E-state index in [0.717, 1.165) is 34.4 Å². The molecule has 320 valence electrons. The van der Waals surface area contributed by atoms with Crippen molar-refractivity contribution in [1.82, 2.24) is 4.57 Å². The van der Waals surface area contributed by atoms with Crippen LogP contribution in [0.3, 0.4) is 0 Å². The van der Waals surface area contributed by atoms with Crippen LogP contribution in [0.2, 0.25) is 0 Å². The van der Waals surface area contributed by atoms with Gasteiger partial charge in [0.05, 0.1) is 11.0 Å². The summed E-state index contributed by atoms with van der Waals surface area (Å²) in [6, 6.07) is 57.7. The highest BCUT2D eigenvalue weighted by atomic mass is 28.3. The Labute approximate surface area is 381 Å². The number of rotatable bonds is 6. The summed E-state index contributed by atoms with van der Waals surface area (Å²) in [5.74, 6) is 0.516. The first-order chi connectivity index (χ1) is 30.5. The first-order valence-electron chi connectivity index (χ1n) is 23.2. The number of para-hydroxylation sites is 1. The molecule has 2 aromatic heterocycles. The second-order valence-corrected chi connectivity index (χ2v) is 25.3. The highest BCUT2D eigenvalue weighted by molar-refractivity contribution is 7.16. The molecule has 0 amide bonds. The van der Waals surface area contributed by atoms with E-state index in [-0.39, 0.29) is 16.2 Å². The number of nitrogens with zero attached hydrogens (tertiary/aromatic N) is 1. The summed E-state index contributed by atoms with van der Waals surface area (Å²) in [5, 5.41) is 10.5. The minimum atomic E-state index is -2.78. The van der Waals surface area contributed by atoms with Crippen LogP contribution in [0.4, 0.5) is 0 Å². The molecular weight excluding hydrogens is 791 g/mol. The predicted octanol–water partition coefficient (Wildman–Crippen LogP) is 14.8. The molecule has 2 nitrogen and oxygen atoms in total. The van der Waals surface area contributed by atoms with Crippen LogP contribution in [0.1, 0.15) is 92.3 Å². The van der Waals surface area contributed by atoms with Gasteiger partial charge in [-0.05, 0) is 115 Å². The first kappa shape index (κ1) is 41.8. The van der Waals surface area contributed by atoms with Gasteiger partial charge in [0.2, 0.25) is 0 Å². The molecule has 10 rings (SSSR count). The summed E-state index contributed by atoms with van der Waals surface area (Å²) >= 11 is 0. The quantitative estimate of drug-likeness (QED) is 0.120. The third-order valence-electron chi connectivity index (χ3n) is 13.9. The largest absolute Gasteiger partial charge is 0.455 e. The van der Waals surface area contributed by atoms with E-state index in [1.165, 1.54) is 70.0 Å². The maximum atomic E-state index is 7.23. The van der Waals surface area contributed by atoms with Gasteiger partial charge in [0, 0.05) is 38.4 Å². The first-order valence-corrected chi connectivity index (χ1v) is 25.2.